The molecule has 0 fully saturated rings. The molecule has 0 spiro atoms. The monoisotopic (exact) mass is 575 g/mol. The van der Waals surface area contributed by atoms with E-state index in [1.54, 1.807) is 70.2 Å². The van der Waals surface area contributed by atoms with Crippen LogP contribution in [0, 0.1) is 0 Å². The molecule has 0 aliphatic carbocycles. The highest BCUT2D eigenvalue weighted by molar-refractivity contribution is 6.42. The van der Waals surface area contributed by atoms with E-state index in [1.165, 1.54) is 0 Å². The minimum atomic E-state index is -1.20. The maximum Gasteiger partial charge on any atom is 0.422 e. The van der Waals surface area contributed by atoms with Gasteiger partial charge in [-0.3, -0.25) is 4.79 Å². The van der Waals surface area contributed by atoms with Crippen molar-refractivity contribution in [1.82, 2.24) is 0 Å². The molecule has 39 heavy (non-hydrogen) atoms. The third-order valence-electron chi connectivity index (χ3n) is 6.03. The Morgan fingerprint density at radius 1 is 0.949 bits per heavy atom. The topological polar surface area (TPSA) is 82.1 Å². The zero-order valence-electron chi connectivity index (χ0n) is 23.2. The van der Waals surface area contributed by atoms with Gasteiger partial charge in [-0.05, 0) is 76.9 Å². The van der Waals surface area contributed by atoms with Crippen LogP contribution in [0.1, 0.15) is 78.4 Å². The van der Waals surface area contributed by atoms with Gasteiger partial charge in [0.15, 0.2) is 0 Å². The Morgan fingerprint density at radius 2 is 1.56 bits per heavy atom. The first-order valence-electron chi connectivity index (χ1n) is 13.1. The first-order chi connectivity index (χ1) is 18.4. The summed E-state index contributed by atoms with van der Waals surface area (Å²) in [5.74, 6) is -0.651. The molecule has 0 saturated heterocycles. The maximum atomic E-state index is 13.7. The van der Waals surface area contributed by atoms with Crippen LogP contribution in [-0.2, 0) is 19.1 Å². The molecular weight excluding hydrogens is 541 g/mol. The first-order valence-corrected chi connectivity index (χ1v) is 13.9. The molecule has 9 heteroatoms. The van der Waals surface area contributed by atoms with Crippen molar-refractivity contribution in [3.05, 3.63) is 57.6 Å². The van der Waals surface area contributed by atoms with Crippen LogP contribution in [0.4, 0.5) is 10.5 Å². The van der Waals surface area contributed by atoms with E-state index in [0.29, 0.717) is 58.3 Å². The molecule has 0 saturated carbocycles. The molecule has 2 aromatic carbocycles. The molecule has 3 rings (SSSR count). The number of hydrogen-bond donors (Lipinski definition) is 0. The zero-order valence-corrected chi connectivity index (χ0v) is 24.7. The highest BCUT2D eigenvalue weighted by Gasteiger charge is 2.42. The summed E-state index contributed by atoms with van der Waals surface area (Å²) in [4.78, 5) is 40.8. The number of halogens is 2. The van der Waals surface area contributed by atoms with Crippen LogP contribution >= 0.6 is 23.2 Å². The lowest BCUT2D eigenvalue weighted by Gasteiger charge is -2.32. The van der Waals surface area contributed by atoms with Crippen molar-refractivity contribution < 1.29 is 28.6 Å². The number of carbonyl (C=O) groups excluding carboxylic acids is 3. The van der Waals surface area contributed by atoms with Gasteiger partial charge in [-0.1, -0.05) is 56.0 Å². The first kappa shape index (κ1) is 30.5. The number of amides is 2. The number of ether oxygens (including phenoxy) is 3. The minimum Gasteiger partial charge on any atom is -0.475 e. The normalized spacial score (nSPS) is 14.4. The Hall–Kier alpha value is -3.03. The lowest BCUT2D eigenvalue weighted by molar-refractivity contribution is -0.163. The van der Waals surface area contributed by atoms with E-state index in [9.17, 15) is 14.4 Å². The van der Waals surface area contributed by atoms with E-state index < -0.39 is 29.2 Å². The SMILES string of the molecule is CCCC(CCC)(Oc1ccc(Cl)cc1/C=C1/C(=O)N(C(=O)OC(C)(C)C)c2cc(Cl)ccc21)C(=O)OCC. The number of anilines is 1. The van der Waals surface area contributed by atoms with Crippen LogP contribution in [-0.4, -0.2) is 35.8 Å². The fraction of sp³-hybridized carbons (Fsp3) is 0.433. The highest BCUT2D eigenvalue weighted by Crippen LogP contribution is 2.42. The molecule has 2 aromatic rings. The van der Waals surface area contributed by atoms with Gasteiger partial charge >= 0.3 is 12.1 Å². The average molecular weight is 577 g/mol. The number of nitrogens with zero attached hydrogens (tertiary/aromatic N) is 1. The molecule has 2 amide bonds. The van der Waals surface area contributed by atoms with Gasteiger partial charge in [-0.25, -0.2) is 14.5 Å². The van der Waals surface area contributed by atoms with E-state index in [-0.39, 0.29) is 12.2 Å². The second kappa shape index (κ2) is 12.4. The van der Waals surface area contributed by atoms with Crippen molar-refractivity contribution in [2.24, 2.45) is 0 Å². The third-order valence-corrected chi connectivity index (χ3v) is 6.50. The van der Waals surface area contributed by atoms with E-state index in [1.807, 2.05) is 13.8 Å². The molecule has 1 heterocycles. The van der Waals surface area contributed by atoms with Crippen molar-refractivity contribution >= 4 is 58.5 Å². The molecule has 7 nitrogen and oxygen atoms in total. The van der Waals surface area contributed by atoms with Crippen LogP contribution < -0.4 is 9.64 Å². The Kier molecular flexibility index (Phi) is 9.73. The van der Waals surface area contributed by atoms with Crippen molar-refractivity contribution in [3.8, 4) is 5.75 Å². The molecular formula is C30H35Cl2NO6. The molecule has 1 aliphatic rings. The Balaban J connectivity index is 2.15. The van der Waals surface area contributed by atoms with Gasteiger partial charge in [0.1, 0.15) is 11.4 Å². The van der Waals surface area contributed by atoms with Gasteiger partial charge in [-0.2, -0.15) is 0 Å². The number of carbonyl (C=O) groups is 3. The Labute approximate surface area is 240 Å². The maximum absolute atomic E-state index is 13.7. The third kappa shape index (κ3) is 6.95. The molecule has 0 radical (unpaired) electrons. The predicted octanol–water partition coefficient (Wildman–Crippen LogP) is 8.10. The molecule has 0 bridgehead atoms. The summed E-state index contributed by atoms with van der Waals surface area (Å²) in [6.07, 6.45) is 3.08. The smallest absolute Gasteiger partial charge is 0.422 e. The van der Waals surface area contributed by atoms with Crippen LogP contribution in [0.15, 0.2) is 36.4 Å². The second-order valence-electron chi connectivity index (χ2n) is 10.3. The standard InChI is InChI=1S/C30H35Cl2NO6/c1-7-14-30(15-8-2,27(35)37-9-3)38-25-13-11-20(31)16-19(25)17-23-22-12-10-21(32)18-24(22)33(26(23)34)28(36)39-29(4,5)6/h10-13,16-18H,7-9,14-15H2,1-6H3/b23-17+. The van der Waals surface area contributed by atoms with E-state index in [4.69, 9.17) is 37.4 Å². The van der Waals surface area contributed by atoms with Crippen LogP contribution in [0.5, 0.6) is 5.75 Å². The van der Waals surface area contributed by atoms with Gasteiger partial charge in [0.2, 0.25) is 5.60 Å². The van der Waals surface area contributed by atoms with Crippen LogP contribution in [0.3, 0.4) is 0 Å². The number of rotatable bonds is 9. The molecule has 0 aromatic heterocycles. The molecule has 0 atom stereocenters. The van der Waals surface area contributed by atoms with Gasteiger partial charge in [0.05, 0.1) is 17.9 Å². The number of imide groups is 1. The van der Waals surface area contributed by atoms with Gasteiger partial charge in [0, 0.05) is 21.2 Å². The molecule has 0 N–H and O–H groups in total. The minimum absolute atomic E-state index is 0.225. The number of hydrogen-bond acceptors (Lipinski definition) is 6. The number of fused-ring (bicyclic) bond motifs is 1. The summed E-state index contributed by atoms with van der Waals surface area (Å²) >= 11 is 12.6. The van der Waals surface area contributed by atoms with Gasteiger partial charge in [0.25, 0.3) is 5.91 Å². The predicted molar refractivity (Wildman–Crippen MR) is 154 cm³/mol. The van der Waals surface area contributed by atoms with E-state index in [2.05, 4.69) is 0 Å². The highest BCUT2D eigenvalue weighted by atomic mass is 35.5. The van der Waals surface area contributed by atoms with Gasteiger partial charge in [-0.15, -0.1) is 0 Å². The van der Waals surface area contributed by atoms with Gasteiger partial charge < -0.3 is 14.2 Å². The fourth-order valence-corrected chi connectivity index (χ4v) is 4.87. The molecule has 1 aliphatic heterocycles. The van der Waals surface area contributed by atoms with Crippen molar-refractivity contribution in [2.45, 2.75) is 78.4 Å². The summed E-state index contributed by atoms with van der Waals surface area (Å²) in [6, 6.07) is 9.84. The second-order valence-corrected chi connectivity index (χ2v) is 11.2. The van der Waals surface area contributed by atoms with Crippen molar-refractivity contribution in [1.29, 1.82) is 0 Å². The summed E-state index contributed by atoms with van der Waals surface area (Å²) in [6.45, 7) is 11.1. The van der Waals surface area contributed by atoms with Crippen LogP contribution in [0.25, 0.3) is 11.6 Å². The van der Waals surface area contributed by atoms with Crippen molar-refractivity contribution in [2.75, 3.05) is 11.5 Å². The largest absolute Gasteiger partial charge is 0.475 e. The lowest BCUT2D eigenvalue weighted by Crippen LogP contribution is -2.46. The Bertz CT molecular complexity index is 1270. The lowest BCUT2D eigenvalue weighted by atomic mass is 9.92. The van der Waals surface area contributed by atoms with Crippen LogP contribution in [0.2, 0.25) is 10.0 Å². The average Bonchev–Trinajstić information content (AvgIpc) is 3.10. The Morgan fingerprint density at radius 3 is 2.15 bits per heavy atom. The fourth-order valence-electron chi connectivity index (χ4n) is 4.53. The molecule has 210 valence electrons. The quantitative estimate of drug-likeness (QED) is 0.222. The van der Waals surface area contributed by atoms with E-state index in [0.717, 1.165) is 4.90 Å². The van der Waals surface area contributed by atoms with E-state index >= 15 is 0 Å². The summed E-state index contributed by atoms with van der Waals surface area (Å²) in [5, 5.41) is 0.772. The number of esters is 1. The number of benzene rings is 2. The summed E-state index contributed by atoms with van der Waals surface area (Å²) < 4.78 is 17.4. The summed E-state index contributed by atoms with van der Waals surface area (Å²) in [7, 11) is 0. The van der Waals surface area contributed by atoms with Crippen molar-refractivity contribution in [3.63, 3.8) is 0 Å². The zero-order chi connectivity index (χ0) is 29.0. The summed E-state index contributed by atoms with van der Waals surface area (Å²) in [5.41, 5.74) is -0.499. The molecule has 0 unspecified atom stereocenters.